The van der Waals surface area contributed by atoms with Gasteiger partial charge in [0.2, 0.25) is 0 Å². The molecule has 0 unspecified atom stereocenters. The molecule has 1 amide bonds. The van der Waals surface area contributed by atoms with Crippen LogP contribution in [0, 0.1) is 0 Å². The molecule has 0 saturated heterocycles. The average molecular weight is 402 g/mol. The second kappa shape index (κ2) is 8.84. The number of rotatable bonds is 6. The van der Waals surface area contributed by atoms with Gasteiger partial charge in [0, 0.05) is 43.4 Å². The Bertz CT molecular complexity index is 857. The molecule has 1 aromatic carbocycles. The molecule has 0 spiro atoms. The van der Waals surface area contributed by atoms with Crippen LogP contribution in [-0.2, 0) is 13.1 Å². The van der Waals surface area contributed by atoms with Gasteiger partial charge in [-0.15, -0.1) is 0 Å². The topological polar surface area (TPSA) is 55.3 Å². The molecule has 7 heteroatoms. The van der Waals surface area contributed by atoms with E-state index in [1.165, 1.54) is 7.11 Å². The molecule has 0 bridgehead atoms. The van der Waals surface area contributed by atoms with Gasteiger partial charge in [-0.25, -0.2) is 0 Å². The normalized spacial score (nSPS) is 10.5. The highest BCUT2D eigenvalue weighted by Crippen LogP contribution is 2.34. The summed E-state index contributed by atoms with van der Waals surface area (Å²) in [6, 6.07) is 10.6. The maximum Gasteiger partial charge on any atom is 0.254 e. The Labute approximate surface area is 167 Å². The Balaban J connectivity index is 1.92. The fourth-order valence-corrected chi connectivity index (χ4v) is 3.32. The van der Waals surface area contributed by atoms with Crippen molar-refractivity contribution in [1.29, 1.82) is 0 Å². The van der Waals surface area contributed by atoms with Crippen molar-refractivity contribution in [1.82, 2.24) is 14.9 Å². The van der Waals surface area contributed by atoms with Gasteiger partial charge in [-0.3, -0.25) is 14.8 Å². The largest absolute Gasteiger partial charge is 0.494 e. The lowest BCUT2D eigenvalue weighted by Gasteiger charge is -2.23. The van der Waals surface area contributed by atoms with Crippen molar-refractivity contribution in [2.45, 2.75) is 13.1 Å². The third kappa shape index (κ3) is 4.76. The molecule has 27 heavy (non-hydrogen) atoms. The highest BCUT2D eigenvalue weighted by molar-refractivity contribution is 6.37. The number of halogens is 2. The van der Waals surface area contributed by atoms with Gasteiger partial charge in [-0.05, 0) is 41.5 Å². The van der Waals surface area contributed by atoms with Crippen molar-refractivity contribution in [3.63, 3.8) is 0 Å². The summed E-state index contributed by atoms with van der Waals surface area (Å²) < 4.78 is 5.16. The Morgan fingerprint density at radius 3 is 2.26 bits per heavy atom. The van der Waals surface area contributed by atoms with Gasteiger partial charge in [0.05, 0.1) is 17.2 Å². The van der Waals surface area contributed by atoms with Crippen LogP contribution >= 0.6 is 23.2 Å². The lowest BCUT2D eigenvalue weighted by atomic mass is 10.1. The summed E-state index contributed by atoms with van der Waals surface area (Å²) in [6.45, 7) is 0.813. The fourth-order valence-electron chi connectivity index (χ4n) is 2.68. The molecule has 0 saturated carbocycles. The van der Waals surface area contributed by atoms with Crippen LogP contribution in [0.2, 0.25) is 10.0 Å². The van der Waals surface area contributed by atoms with Crippen LogP contribution in [-0.4, -0.2) is 27.9 Å². The van der Waals surface area contributed by atoms with Crippen LogP contribution < -0.4 is 4.74 Å². The zero-order chi connectivity index (χ0) is 19.2. The van der Waals surface area contributed by atoms with E-state index in [1.54, 1.807) is 41.8 Å². The lowest BCUT2D eigenvalue weighted by Crippen LogP contribution is -2.30. The third-order valence-corrected chi connectivity index (χ3v) is 4.52. The van der Waals surface area contributed by atoms with Crippen molar-refractivity contribution >= 4 is 29.1 Å². The van der Waals surface area contributed by atoms with Crippen LogP contribution in [0.5, 0.6) is 5.75 Å². The van der Waals surface area contributed by atoms with E-state index >= 15 is 0 Å². The maximum atomic E-state index is 13.2. The molecule has 3 rings (SSSR count). The van der Waals surface area contributed by atoms with Crippen molar-refractivity contribution in [3.05, 3.63) is 87.9 Å². The molecular formula is C20H17Cl2N3O2. The minimum atomic E-state index is -0.192. The summed E-state index contributed by atoms with van der Waals surface area (Å²) in [5.74, 6) is 0.157. The number of hydrogen-bond donors (Lipinski definition) is 0. The zero-order valence-corrected chi connectivity index (χ0v) is 16.1. The van der Waals surface area contributed by atoms with Crippen molar-refractivity contribution in [3.8, 4) is 5.75 Å². The number of aromatic nitrogens is 2. The molecule has 0 fully saturated rings. The molecule has 5 nitrogen and oxygen atoms in total. The maximum absolute atomic E-state index is 13.2. The summed E-state index contributed by atoms with van der Waals surface area (Å²) >= 11 is 12.4. The average Bonchev–Trinajstić information content (AvgIpc) is 2.68. The molecule has 0 radical (unpaired) electrons. The van der Waals surface area contributed by atoms with E-state index in [4.69, 9.17) is 27.9 Å². The number of methoxy groups -OCH3 is 1. The lowest BCUT2D eigenvalue weighted by molar-refractivity contribution is 0.0730. The summed E-state index contributed by atoms with van der Waals surface area (Å²) in [5, 5.41) is 0.581. The van der Waals surface area contributed by atoms with E-state index in [1.807, 2.05) is 24.3 Å². The standard InChI is InChI=1S/C20H17Cl2N3O2/c1-27-19-17(21)9-16(10-18(19)22)20(26)25(12-14-4-7-23-8-5-14)13-15-3-2-6-24-11-15/h2-11H,12-13H2,1H3. The Hall–Kier alpha value is -2.63. The van der Waals surface area contributed by atoms with E-state index in [2.05, 4.69) is 9.97 Å². The zero-order valence-electron chi connectivity index (χ0n) is 14.6. The Kier molecular flexibility index (Phi) is 6.27. The van der Waals surface area contributed by atoms with Crippen LogP contribution in [0.25, 0.3) is 0 Å². The van der Waals surface area contributed by atoms with E-state index in [9.17, 15) is 4.79 Å². The third-order valence-electron chi connectivity index (χ3n) is 3.96. The van der Waals surface area contributed by atoms with Gasteiger partial charge in [-0.2, -0.15) is 0 Å². The number of nitrogens with zero attached hydrogens (tertiary/aromatic N) is 3. The van der Waals surface area contributed by atoms with Gasteiger partial charge in [0.15, 0.2) is 5.75 Å². The highest BCUT2D eigenvalue weighted by Gasteiger charge is 2.20. The number of hydrogen-bond acceptors (Lipinski definition) is 4. The predicted octanol–water partition coefficient (Wildman–Crippen LogP) is 4.63. The highest BCUT2D eigenvalue weighted by atomic mass is 35.5. The van der Waals surface area contributed by atoms with Gasteiger partial charge in [0.25, 0.3) is 5.91 Å². The molecule has 2 heterocycles. The smallest absolute Gasteiger partial charge is 0.254 e. The van der Waals surface area contributed by atoms with E-state index < -0.39 is 0 Å². The molecule has 2 aromatic heterocycles. The second-order valence-corrected chi connectivity index (χ2v) is 6.67. The van der Waals surface area contributed by atoms with Crippen molar-refractivity contribution in [2.75, 3.05) is 7.11 Å². The Morgan fingerprint density at radius 1 is 1.00 bits per heavy atom. The molecule has 0 N–H and O–H groups in total. The Morgan fingerprint density at radius 2 is 1.67 bits per heavy atom. The van der Waals surface area contributed by atoms with Gasteiger partial charge in [-0.1, -0.05) is 29.3 Å². The number of carbonyl (C=O) groups excluding carboxylic acids is 1. The van der Waals surface area contributed by atoms with Gasteiger partial charge >= 0.3 is 0 Å². The summed E-state index contributed by atoms with van der Waals surface area (Å²) in [7, 11) is 1.48. The fraction of sp³-hybridized carbons (Fsp3) is 0.150. The minimum absolute atomic E-state index is 0.192. The van der Waals surface area contributed by atoms with Gasteiger partial charge in [0.1, 0.15) is 0 Å². The predicted molar refractivity (Wildman–Crippen MR) is 105 cm³/mol. The van der Waals surface area contributed by atoms with Crippen molar-refractivity contribution < 1.29 is 9.53 Å². The molecule has 0 aliphatic heterocycles. The first kappa shape index (κ1) is 19.1. The summed E-state index contributed by atoms with van der Waals surface area (Å²) in [6.07, 6.45) is 6.83. The van der Waals surface area contributed by atoms with Crippen LogP contribution in [0.15, 0.2) is 61.2 Å². The van der Waals surface area contributed by atoms with Crippen LogP contribution in [0.1, 0.15) is 21.5 Å². The first-order chi connectivity index (χ1) is 13.1. The molecule has 3 aromatic rings. The van der Waals surface area contributed by atoms with E-state index in [0.29, 0.717) is 34.4 Å². The summed E-state index contributed by atoms with van der Waals surface area (Å²) in [5.41, 5.74) is 2.28. The first-order valence-corrected chi connectivity index (χ1v) is 8.94. The quantitative estimate of drug-likeness (QED) is 0.603. The van der Waals surface area contributed by atoms with Crippen LogP contribution in [0.3, 0.4) is 0 Å². The van der Waals surface area contributed by atoms with Crippen molar-refractivity contribution in [2.24, 2.45) is 0 Å². The minimum Gasteiger partial charge on any atom is -0.494 e. The number of benzene rings is 1. The number of pyridine rings is 2. The molecular weight excluding hydrogens is 385 g/mol. The van der Waals surface area contributed by atoms with E-state index in [-0.39, 0.29) is 5.91 Å². The molecule has 0 aliphatic rings. The number of ether oxygens (including phenoxy) is 1. The monoisotopic (exact) mass is 401 g/mol. The molecule has 138 valence electrons. The summed E-state index contributed by atoms with van der Waals surface area (Å²) in [4.78, 5) is 23.0. The van der Waals surface area contributed by atoms with Gasteiger partial charge < -0.3 is 9.64 Å². The second-order valence-electron chi connectivity index (χ2n) is 5.85. The number of amides is 1. The number of carbonyl (C=O) groups is 1. The van der Waals surface area contributed by atoms with Crippen LogP contribution in [0.4, 0.5) is 0 Å². The SMILES string of the molecule is COc1c(Cl)cc(C(=O)N(Cc2ccncc2)Cc2cccnc2)cc1Cl. The first-order valence-electron chi connectivity index (χ1n) is 8.18. The molecule has 0 aliphatic carbocycles. The van der Waals surface area contributed by atoms with E-state index in [0.717, 1.165) is 11.1 Å². The molecule has 0 atom stereocenters.